The van der Waals surface area contributed by atoms with Gasteiger partial charge in [-0.2, -0.15) is 4.39 Å². The average Bonchev–Trinajstić information content (AvgIpc) is 2.67. The third kappa shape index (κ3) is 4.93. The Morgan fingerprint density at radius 1 is 1.11 bits per heavy atom. The van der Waals surface area contributed by atoms with Crippen molar-refractivity contribution in [3.63, 3.8) is 0 Å². The smallest absolute Gasteiger partial charge is 0.319 e. The molecule has 1 fully saturated rings. The summed E-state index contributed by atoms with van der Waals surface area (Å²) in [6.45, 7) is 0. The lowest BCUT2D eigenvalue weighted by Gasteiger charge is -2.26. The van der Waals surface area contributed by atoms with Crippen molar-refractivity contribution in [1.82, 2.24) is 10.3 Å². The zero-order chi connectivity index (χ0) is 20.1. The van der Waals surface area contributed by atoms with Crippen LogP contribution in [0.1, 0.15) is 25.7 Å². The molecule has 1 aromatic carbocycles. The molecule has 3 N–H and O–H groups in total. The van der Waals surface area contributed by atoms with Crippen molar-refractivity contribution >= 4 is 17.7 Å². The van der Waals surface area contributed by atoms with Crippen LogP contribution in [0, 0.1) is 17.6 Å². The molecule has 0 unspecified atom stereocenters. The van der Waals surface area contributed by atoms with Crippen LogP contribution in [0.15, 0.2) is 36.5 Å². The van der Waals surface area contributed by atoms with Crippen molar-refractivity contribution in [2.24, 2.45) is 5.92 Å². The summed E-state index contributed by atoms with van der Waals surface area (Å²) in [4.78, 5) is 27.0. The van der Waals surface area contributed by atoms with Gasteiger partial charge in [0, 0.05) is 12.1 Å². The number of benzene rings is 1. The van der Waals surface area contributed by atoms with E-state index < -0.39 is 23.6 Å². The number of carbonyl (C=O) groups excluding carboxylic acids is 1. The molecule has 0 spiro atoms. The lowest BCUT2D eigenvalue weighted by atomic mass is 9.86. The molecule has 0 saturated heterocycles. The van der Waals surface area contributed by atoms with Crippen LogP contribution in [0.3, 0.4) is 0 Å². The molecular weight excluding hydrogens is 372 g/mol. The van der Waals surface area contributed by atoms with Crippen LogP contribution >= 0.6 is 0 Å². The zero-order valence-corrected chi connectivity index (χ0v) is 14.8. The van der Waals surface area contributed by atoms with E-state index in [1.807, 2.05) is 0 Å². The minimum absolute atomic E-state index is 0.0439. The average molecular weight is 391 g/mol. The van der Waals surface area contributed by atoms with Gasteiger partial charge in [0.05, 0.1) is 17.8 Å². The number of nitrogens with zero attached hydrogens (tertiary/aromatic N) is 1. The molecule has 0 aliphatic heterocycles. The highest BCUT2D eigenvalue weighted by molar-refractivity contribution is 5.89. The van der Waals surface area contributed by atoms with E-state index in [0.717, 1.165) is 6.07 Å². The van der Waals surface area contributed by atoms with Gasteiger partial charge in [-0.05, 0) is 43.9 Å². The van der Waals surface area contributed by atoms with Gasteiger partial charge in [0.15, 0.2) is 11.6 Å². The Labute approximate surface area is 159 Å². The number of amides is 2. The highest BCUT2D eigenvalue weighted by Crippen LogP contribution is 2.26. The number of rotatable bonds is 5. The third-order valence-electron chi connectivity index (χ3n) is 4.54. The van der Waals surface area contributed by atoms with Gasteiger partial charge >= 0.3 is 12.0 Å². The number of carboxylic acids is 1. The van der Waals surface area contributed by atoms with Crippen molar-refractivity contribution in [1.29, 1.82) is 0 Å². The van der Waals surface area contributed by atoms with Crippen LogP contribution in [0.25, 0.3) is 0 Å². The van der Waals surface area contributed by atoms with Gasteiger partial charge < -0.3 is 20.5 Å². The Morgan fingerprint density at radius 3 is 2.50 bits per heavy atom. The number of nitrogens with one attached hydrogen (secondary N) is 2. The van der Waals surface area contributed by atoms with Gasteiger partial charge in [0.25, 0.3) is 0 Å². The molecule has 1 saturated carbocycles. The molecular formula is C19H19F2N3O4. The fraction of sp³-hybridized carbons (Fsp3) is 0.316. The fourth-order valence-electron chi connectivity index (χ4n) is 3.03. The van der Waals surface area contributed by atoms with Gasteiger partial charge in [0.1, 0.15) is 0 Å². The summed E-state index contributed by atoms with van der Waals surface area (Å²) >= 11 is 0. The van der Waals surface area contributed by atoms with Crippen LogP contribution in [-0.4, -0.2) is 28.1 Å². The third-order valence-corrected chi connectivity index (χ3v) is 4.54. The topological polar surface area (TPSA) is 101 Å². The van der Waals surface area contributed by atoms with Crippen LogP contribution < -0.4 is 15.4 Å². The predicted octanol–water partition coefficient (Wildman–Crippen LogP) is 3.92. The van der Waals surface area contributed by atoms with Gasteiger partial charge in [-0.25, -0.2) is 14.2 Å². The van der Waals surface area contributed by atoms with Crippen LogP contribution in [0.2, 0.25) is 0 Å². The lowest BCUT2D eigenvalue weighted by molar-refractivity contribution is -0.142. The number of urea groups is 1. The van der Waals surface area contributed by atoms with E-state index in [9.17, 15) is 18.4 Å². The number of anilines is 1. The fourth-order valence-corrected chi connectivity index (χ4v) is 3.03. The summed E-state index contributed by atoms with van der Waals surface area (Å²) in [6, 6.07) is 6.00. The second kappa shape index (κ2) is 8.64. The van der Waals surface area contributed by atoms with Crippen LogP contribution in [0.4, 0.5) is 19.3 Å². The zero-order valence-electron chi connectivity index (χ0n) is 14.8. The van der Waals surface area contributed by atoms with Crippen LogP contribution in [-0.2, 0) is 4.79 Å². The van der Waals surface area contributed by atoms with E-state index in [-0.39, 0.29) is 23.6 Å². The van der Waals surface area contributed by atoms with Gasteiger partial charge in [-0.15, -0.1) is 0 Å². The second-order valence-electron chi connectivity index (χ2n) is 6.52. The molecule has 0 atom stereocenters. The number of carbonyl (C=O) groups is 2. The molecule has 1 aliphatic carbocycles. The van der Waals surface area contributed by atoms with E-state index in [1.165, 1.54) is 30.5 Å². The Morgan fingerprint density at radius 2 is 1.86 bits per heavy atom. The maximum Gasteiger partial charge on any atom is 0.319 e. The van der Waals surface area contributed by atoms with Crippen molar-refractivity contribution in [2.75, 3.05) is 5.32 Å². The lowest BCUT2D eigenvalue weighted by Crippen LogP contribution is -2.40. The molecule has 1 heterocycles. The normalized spacial score (nSPS) is 18.9. The maximum absolute atomic E-state index is 13.6. The van der Waals surface area contributed by atoms with E-state index in [2.05, 4.69) is 15.6 Å². The molecule has 9 heteroatoms. The predicted molar refractivity (Wildman–Crippen MR) is 96.2 cm³/mol. The Balaban J connectivity index is 1.51. The minimum Gasteiger partial charge on any atom is -0.481 e. The van der Waals surface area contributed by atoms with Crippen molar-refractivity contribution in [3.8, 4) is 11.6 Å². The second-order valence-corrected chi connectivity index (χ2v) is 6.52. The summed E-state index contributed by atoms with van der Waals surface area (Å²) in [5.74, 6) is -3.52. The first-order valence-electron chi connectivity index (χ1n) is 8.80. The van der Waals surface area contributed by atoms with Crippen molar-refractivity contribution in [2.45, 2.75) is 31.7 Å². The standard InChI is InChI=1S/C19H19F2N3O4/c20-14-2-1-3-15(17(14)21)28-16-9-8-13(10-22-16)24-19(27)23-12-6-4-11(5-7-12)18(25)26/h1-3,8-12H,4-7H2,(H,25,26)(H2,23,24,27). The largest absolute Gasteiger partial charge is 0.481 e. The van der Waals surface area contributed by atoms with E-state index in [4.69, 9.17) is 9.84 Å². The first-order valence-corrected chi connectivity index (χ1v) is 8.80. The number of hydrogen-bond acceptors (Lipinski definition) is 4. The van der Waals surface area contributed by atoms with Crippen LogP contribution in [0.5, 0.6) is 11.6 Å². The summed E-state index contributed by atoms with van der Waals surface area (Å²) in [5, 5.41) is 14.4. The van der Waals surface area contributed by atoms with Gasteiger partial charge in [-0.1, -0.05) is 6.07 Å². The highest BCUT2D eigenvalue weighted by atomic mass is 19.2. The summed E-state index contributed by atoms with van der Waals surface area (Å²) in [7, 11) is 0. The van der Waals surface area contributed by atoms with E-state index in [0.29, 0.717) is 31.4 Å². The minimum atomic E-state index is -1.11. The molecule has 1 aromatic heterocycles. The first-order chi connectivity index (χ1) is 13.4. The van der Waals surface area contributed by atoms with Crippen molar-refractivity contribution in [3.05, 3.63) is 48.2 Å². The molecule has 1 aliphatic rings. The molecule has 0 bridgehead atoms. The van der Waals surface area contributed by atoms with Gasteiger partial charge in [-0.3, -0.25) is 4.79 Å². The summed E-state index contributed by atoms with van der Waals surface area (Å²) in [5.41, 5.74) is 0.392. The molecule has 28 heavy (non-hydrogen) atoms. The Bertz CT molecular complexity index is 853. The number of halogens is 2. The van der Waals surface area contributed by atoms with Gasteiger partial charge in [0.2, 0.25) is 11.7 Å². The number of pyridine rings is 1. The summed E-state index contributed by atoms with van der Waals surface area (Å²) in [6.07, 6.45) is 3.60. The van der Waals surface area contributed by atoms with E-state index >= 15 is 0 Å². The number of hydrogen-bond donors (Lipinski definition) is 3. The van der Waals surface area contributed by atoms with E-state index in [1.54, 1.807) is 0 Å². The number of aromatic nitrogens is 1. The summed E-state index contributed by atoms with van der Waals surface area (Å²) < 4.78 is 32.0. The Hall–Kier alpha value is -3.23. The quantitative estimate of drug-likeness (QED) is 0.717. The first kappa shape index (κ1) is 19.5. The maximum atomic E-state index is 13.6. The molecule has 7 nitrogen and oxygen atoms in total. The van der Waals surface area contributed by atoms with Crippen molar-refractivity contribution < 1.29 is 28.2 Å². The highest BCUT2D eigenvalue weighted by Gasteiger charge is 2.26. The molecule has 2 amide bonds. The molecule has 2 aromatic rings. The molecule has 0 radical (unpaired) electrons. The molecule has 148 valence electrons. The monoisotopic (exact) mass is 391 g/mol. The number of ether oxygens (including phenoxy) is 1. The SMILES string of the molecule is O=C(Nc1ccc(Oc2cccc(F)c2F)nc1)NC1CCC(C(=O)O)CC1. The molecule has 3 rings (SSSR count). The number of aliphatic carboxylic acids is 1. The number of carboxylic acid groups (broad SMARTS) is 1. The Kier molecular flexibility index (Phi) is 6.03.